The minimum absolute atomic E-state index is 0.0310. The first kappa shape index (κ1) is 17.1. The first-order valence-electron chi connectivity index (χ1n) is 6.03. The molecule has 3 nitrogen and oxygen atoms in total. The normalized spacial score (nSPS) is 15.5. The average molecular weight is 316 g/mol. The van der Waals surface area contributed by atoms with Crippen molar-refractivity contribution in [2.75, 3.05) is 19.0 Å². The smallest absolute Gasteiger partial charge is 0.315 e. The van der Waals surface area contributed by atoms with Gasteiger partial charge in [0, 0.05) is 18.1 Å². The van der Waals surface area contributed by atoms with Crippen molar-refractivity contribution in [2.24, 2.45) is 16.8 Å². The molecule has 2 unspecified atom stereocenters. The Labute approximate surface area is 118 Å². The fourth-order valence-electron chi connectivity index (χ4n) is 1.72. The van der Waals surface area contributed by atoms with Gasteiger partial charge in [0.25, 0.3) is 0 Å². The second-order valence-electron chi connectivity index (χ2n) is 3.94. The van der Waals surface area contributed by atoms with Crippen LogP contribution in [-0.4, -0.2) is 30.7 Å². The standard InChI is InChI=1S/C14H22BrNO2/c1-6-8-10(3)11(4)13(12(9-15)16-5)14(17)18-7-2/h6,8,11,13H,3,7,9H2,1-2,4-5H3. The lowest BCUT2D eigenvalue weighted by Crippen LogP contribution is -2.33. The SMILES string of the molecule is C=C(C=CC)C(C)C(C(=O)OCC)C(CBr)=NC. The lowest BCUT2D eigenvalue weighted by Gasteiger charge is -2.23. The van der Waals surface area contributed by atoms with Gasteiger partial charge in [-0.1, -0.05) is 47.2 Å². The van der Waals surface area contributed by atoms with Crippen molar-refractivity contribution in [3.8, 4) is 0 Å². The van der Waals surface area contributed by atoms with Crippen LogP contribution in [0.4, 0.5) is 0 Å². The van der Waals surface area contributed by atoms with Crippen molar-refractivity contribution in [1.29, 1.82) is 0 Å². The van der Waals surface area contributed by atoms with Crippen molar-refractivity contribution in [2.45, 2.75) is 20.8 Å². The van der Waals surface area contributed by atoms with E-state index in [4.69, 9.17) is 4.74 Å². The van der Waals surface area contributed by atoms with Gasteiger partial charge in [0.1, 0.15) is 5.92 Å². The Morgan fingerprint density at radius 1 is 1.56 bits per heavy atom. The highest BCUT2D eigenvalue weighted by molar-refractivity contribution is 9.09. The Hall–Kier alpha value is -0.900. The maximum Gasteiger partial charge on any atom is 0.315 e. The maximum absolute atomic E-state index is 12.1. The third-order valence-electron chi connectivity index (χ3n) is 2.79. The summed E-state index contributed by atoms with van der Waals surface area (Å²) in [4.78, 5) is 16.2. The van der Waals surface area contributed by atoms with Gasteiger partial charge in [0.05, 0.1) is 6.61 Å². The van der Waals surface area contributed by atoms with E-state index in [-0.39, 0.29) is 17.8 Å². The van der Waals surface area contributed by atoms with Gasteiger partial charge < -0.3 is 4.74 Å². The van der Waals surface area contributed by atoms with Crippen LogP contribution in [-0.2, 0) is 9.53 Å². The van der Waals surface area contributed by atoms with Crippen molar-refractivity contribution >= 4 is 27.6 Å². The highest BCUT2D eigenvalue weighted by atomic mass is 79.9. The molecule has 0 aromatic rings. The van der Waals surface area contributed by atoms with Gasteiger partial charge in [0.2, 0.25) is 0 Å². The van der Waals surface area contributed by atoms with Gasteiger partial charge >= 0.3 is 5.97 Å². The molecule has 0 fully saturated rings. The molecule has 0 amide bonds. The molecule has 18 heavy (non-hydrogen) atoms. The second kappa shape index (κ2) is 9.09. The third kappa shape index (κ3) is 4.77. The van der Waals surface area contributed by atoms with Crippen molar-refractivity contribution < 1.29 is 9.53 Å². The molecule has 0 radical (unpaired) electrons. The van der Waals surface area contributed by atoms with Crippen LogP contribution in [0, 0.1) is 11.8 Å². The van der Waals surface area contributed by atoms with Crippen molar-refractivity contribution in [3.63, 3.8) is 0 Å². The highest BCUT2D eigenvalue weighted by Crippen LogP contribution is 2.24. The van der Waals surface area contributed by atoms with E-state index in [0.717, 1.165) is 11.3 Å². The molecule has 0 heterocycles. The number of carbonyl (C=O) groups is 1. The summed E-state index contributed by atoms with van der Waals surface area (Å²) in [7, 11) is 1.69. The number of nitrogens with zero attached hydrogens (tertiary/aromatic N) is 1. The number of rotatable bonds is 7. The molecule has 0 saturated heterocycles. The molecule has 0 N–H and O–H groups in total. The van der Waals surface area contributed by atoms with E-state index in [1.165, 1.54) is 0 Å². The quantitative estimate of drug-likeness (QED) is 0.312. The largest absolute Gasteiger partial charge is 0.465 e. The molecule has 0 aliphatic heterocycles. The Bertz CT molecular complexity index is 348. The molecule has 0 aromatic heterocycles. The molecule has 0 saturated carbocycles. The average Bonchev–Trinajstić information content (AvgIpc) is 2.35. The van der Waals surface area contributed by atoms with Crippen LogP contribution in [0.5, 0.6) is 0 Å². The number of allylic oxidation sites excluding steroid dienone is 3. The number of ether oxygens (including phenoxy) is 1. The van der Waals surface area contributed by atoms with Crippen molar-refractivity contribution in [1.82, 2.24) is 0 Å². The van der Waals surface area contributed by atoms with Gasteiger partial charge in [-0.3, -0.25) is 9.79 Å². The monoisotopic (exact) mass is 315 g/mol. The summed E-state index contributed by atoms with van der Waals surface area (Å²) in [6, 6.07) is 0. The maximum atomic E-state index is 12.1. The lowest BCUT2D eigenvalue weighted by molar-refractivity contribution is -0.146. The van der Waals surface area contributed by atoms with Crippen LogP contribution in [0.1, 0.15) is 20.8 Å². The Balaban J connectivity index is 5.20. The molecule has 2 atom stereocenters. The second-order valence-corrected chi connectivity index (χ2v) is 4.50. The molecule has 102 valence electrons. The summed E-state index contributed by atoms with van der Waals surface area (Å²) in [5.74, 6) is -0.648. The molecule has 4 heteroatoms. The number of carbonyl (C=O) groups excluding carboxylic acids is 1. The number of aliphatic imine (C=N–C) groups is 1. The van der Waals surface area contributed by atoms with Gasteiger partial charge in [-0.2, -0.15) is 0 Å². The van der Waals surface area contributed by atoms with Gasteiger partial charge in [-0.05, 0) is 19.8 Å². The summed E-state index contributed by atoms with van der Waals surface area (Å²) in [6.45, 7) is 10.1. The molecule has 0 aromatic carbocycles. The molecule has 0 rings (SSSR count). The zero-order chi connectivity index (χ0) is 14.1. The Morgan fingerprint density at radius 3 is 2.56 bits per heavy atom. The fraction of sp³-hybridized carbons (Fsp3) is 0.571. The van der Waals surface area contributed by atoms with Gasteiger partial charge in [-0.25, -0.2) is 0 Å². The van der Waals surface area contributed by atoms with Crippen molar-refractivity contribution in [3.05, 3.63) is 24.3 Å². The minimum Gasteiger partial charge on any atom is -0.465 e. The summed E-state index contributed by atoms with van der Waals surface area (Å²) < 4.78 is 5.13. The van der Waals surface area contributed by atoms with E-state index < -0.39 is 0 Å². The zero-order valence-electron chi connectivity index (χ0n) is 11.6. The third-order valence-corrected chi connectivity index (χ3v) is 3.36. The minimum atomic E-state index is -0.377. The van der Waals surface area contributed by atoms with Crippen LogP contribution in [0.25, 0.3) is 0 Å². The molecule has 0 aliphatic carbocycles. The van der Waals surface area contributed by atoms with E-state index >= 15 is 0 Å². The molecular weight excluding hydrogens is 294 g/mol. The van der Waals surface area contributed by atoms with Crippen LogP contribution in [0.15, 0.2) is 29.3 Å². The molecule has 0 bridgehead atoms. The van der Waals surface area contributed by atoms with E-state index in [0.29, 0.717) is 11.9 Å². The van der Waals surface area contributed by atoms with Gasteiger partial charge in [-0.15, -0.1) is 0 Å². The predicted octanol–water partition coefficient (Wildman–Crippen LogP) is 3.40. The fourth-order valence-corrected chi connectivity index (χ4v) is 2.32. The van der Waals surface area contributed by atoms with Crippen LogP contribution >= 0.6 is 15.9 Å². The number of halogens is 1. The predicted molar refractivity (Wildman–Crippen MR) is 80.4 cm³/mol. The van der Waals surface area contributed by atoms with Crippen LogP contribution in [0.3, 0.4) is 0 Å². The first-order chi connectivity index (χ1) is 8.53. The zero-order valence-corrected chi connectivity index (χ0v) is 13.2. The lowest BCUT2D eigenvalue weighted by atomic mass is 9.84. The molecular formula is C14H22BrNO2. The number of hydrogen-bond acceptors (Lipinski definition) is 3. The topological polar surface area (TPSA) is 38.7 Å². The number of esters is 1. The highest BCUT2D eigenvalue weighted by Gasteiger charge is 2.31. The Kier molecular flexibility index (Phi) is 8.63. The number of hydrogen-bond donors (Lipinski definition) is 0. The van der Waals surface area contributed by atoms with E-state index in [1.54, 1.807) is 14.0 Å². The van der Waals surface area contributed by atoms with E-state index in [1.807, 2.05) is 26.0 Å². The Morgan fingerprint density at radius 2 is 2.17 bits per heavy atom. The molecule has 0 aliphatic rings. The summed E-state index contributed by atoms with van der Waals surface area (Å²) in [5, 5.41) is 0.556. The summed E-state index contributed by atoms with van der Waals surface area (Å²) >= 11 is 3.37. The van der Waals surface area contributed by atoms with Crippen LogP contribution < -0.4 is 0 Å². The van der Waals surface area contributed by atoms with E-state index in [2.05, 4.69) is 27.5 Å². The van der Waals surface area contributed by atoms with E-state index in [9.17, 15) is 4.79 Å². The van der Waals surface area contributed by atoms with Crippen LogP contribution in [0.2, 0.25) is 0 Å². The number of alkyl halides is 1. The first-order valence-corrected chi connectivity index (χ1v) is 7.15. The summed E-state index contributed by atoms with van der Waals surface area (Å²) in [5.41, 5.74) is 1.68. The van der Waals surface area contributed by atoms with Gasteiger partial charge in [0.15, 0.2) is 0 Å². The summed E-state index contributed by atoms with van der Waals surface area (Å²) in [6.07, 6.45) is 3.83. The molecule has 0 spiro atoms.